The van der Waals surface area contributed by atoms with Gasteiger partial charge in [0, 0.05) is 11.4 Å². The molecule has 4 nitrogen and oxygen atoms in total. The summed E-state index contributed by atoms with van der Waals surface area (Å²) in [6.45, 7) is 2.04. The van der Waals surface area contributed by atoms with Gasteiger partial charge in [0.1, 0.15) is 0 Å². The van der Waals surface area contributed by atoms with Crippen LogP contribution in [0, 0.1) is 0 Å². The molecular weight excluding hydrogens is 323 g/mol. The molecule has 0 fully saturated rings. The first-order valence-electron chi connectivity index (χ1n) is 6.66. The minimum Gasteiger partial charge on any atom is -0.318 e. The molecule has 0 heterocycles. The summed E-state index contributed by atoms with van der Waals surface area (Å²) in [7, 11) is 0. The molecule has 0 saturated carbocycles. The van der Waals surface area contributed by atoms with Gasteiger partial charge in [-0.25, -0.2) is 0 Å². The summed E-state index contributed by atoms with van der Waals surface area (Å²) >= 11 is 11.6. The van der Waals surface area contributed by atoms with Crippen LogP contribution < -0.4 is 10.6 Å². The molecule has 0 radical (unpaired) electrons. The van der Waals surface area contributed by atoms with Gasteiger partial charge >= 0.3 is 11.8 Å². The van der Waals surface area contributed by atoms with Gasteiger partial charge in [-0.2, -0.15) is 0 Å². The molecule has 0 unspecified atom stereocenters. The van der Waals surface area contributed by atoms with Crippen molar-refractivity contribution < 1.29 is 9.59 Å². The summed E-state index contributed by atoms with van der Waals surface area (Å²) in [5.74, 6) is -1.53. The van der Waals surface area contributed by atoms with E-state index in [1.807, 2.05) is 19.1 Å². The predicted molar refractivity (Wildman–Crippen MR) is 89.5 cm³/mol. The molecule has 0 aromatic heterocycles. The number of benzene rings is 2. The van der Waals surface area contributed by atoms with Crippen molar-refractivity contribution in [3.63, 3.8) is 0 Å². The Hall–Kier alpha value is -2.04. The Morgan fingerprint density at radius 2 is 1.41 bits per heavy atom. The van der Waals surface area contributed by atoms with Crippen molar-refractivity contribution in [1.82, 2.24) is 0 Å². The zero-order valence-corrected chi connectivity index (χ0v) is 13.3. The summed E-state index contributed by atoms with van der Waals surface area (Å²) in [6.07, 6.45) is 0.909. The fraction of sp³-hybridized carbons (Fsp3) is 0.125. The Labute approximate surface area is 138 Å². The van der Waals surface area contributed by atoms with E-state index in [0.29, 0.717) is 21.4 Å². The van der Waals surface area contributed by atoms with Gasteiger partial charge in [-0.05, 0) is 42.3 Å². The van der Waals surface area contributed by atoms with Crippen LogP contribution in [0.25, 0.3) is 0 Å². The molecule has 2 aromatic carbocycles. The van der Waals surface area contributed by atoms with E-state index >= 15 is 0 Å². The molecule has 0 atom stereocenters. The maximum atomic E-state index is 11.8. The van der Waals surface area contributed by atoms with Crippen LogP contribution >= 0.6 is 23.2 Å². The van der Waals surface area contributed by atoms with Crippen molar-refractivity contribution in [2.24, 2.45) is 0 Å². The van der Waals surface area contributed by atoms with Crippen molar-refractivity contribution in [2.45, 2.75) is 13.3 Å². The Bertz CT molecular complexity index is 700. The van der Waals surface area contributed by atoms with Crippen LogP contribution in [0.5, 0.6) is 0 Å². The number of hydrogen-bond donors (Lipinski definition) is 2. The highest BCUT2D eigenvalue weighted by molar-refractivity contribution is 6.44. The van der Waals surface area contributed by atoms with Crippen molar-refractivity contribution in [3.05, 3.63) is 58.1 Å². The number of aryl methyl sites for hydroxylation is 1. The largest absolute Gasteiger partial charge is 0.318 e. The zero-order valence-electron chi connectivity index (χ0n) is 11.8. The third kappa shape index (κ3) is 4.23. The van der Waals surface area contributed by atoms with E-state index in [9.17, 15) is 9.59 Å². The number of amides is 2. The van der Waals surface area contributed by atoms with Crippen LogP contribution in [0.1, 0.15) is 12.5 Å². The average molecular weight is 337 g/mol. The minimum atomic E-state index is -0.780. The molecule has 0 aliphatic heterocycles. The Morgan fingerprint density at radius 3 is 1.95 bits per heavy atom. The van der Waals surface area contributed by atoms with Crippen LogP contribution in [0.4, 0.5) is 11.4 Å². The highest BCUT2D eigenvalue weighted by atomic mass is 35.5. The summed E-state index contributed by atoms with van der Waals surface area (Å²) in [5, 5.41) is 5.66. The van der Waals surface area contributed by atoms with Gasteiger partial charge < -0.3 is 10.6 Å². The van der Waals surface area contributed by atoms with Crippen LogP contribution in [0.2, 0.25) is 10.0 Å². The van der Waals surface area contributed by atoms with Gasteiger partial charge in [-0.1, -0.05) is 42.3 Å². The van der Waals surface area contributed by atoms with Crippen molar-refractivity contribution in [2.75, 3.05) is 10.6 Å². The van der Waals surface area contributed by atoms with E-state index in [4.69, 9.17) is 23.2 Å². The molecule has 0 aliphatic carbocycles. The second-order valence-electron chi connectivity index (χ2n) is 4.59. The molecule has 2 aromatic rings. The van der Waals surface area contributed by atoms with Gasteiger partial charge in [-0.3, -0.25) is 9.59 Å². The van der Waals surface area contributed by atoms with Crippen molar-refractivity contribution >= 4 is 46.4 Å². The molecule has 0 bridgehead atoms. The molecule has 0 aliphatic rings. The number of hydrogen-bond acceptors (Lipinski definition) is 2. The quantitative estimate of drug-likeness (QED) is 0.828. The Balaban J connectivity index is 1.99. The second kappa shape index (κ2) is 7.29. The summed E-state index contributed by atoms with van der Waals surface area (Å²) in [4.78, 5) is 23.7. The lowest BCUT2D eigenvalue weighted by molar-refractivity contribution is -0.132. The lowest BCUT2D eigenvalue weighted by atomic mass is 10.1. The third-order valence-corrected chi connectivity index (χ3v) is 3.74. The normalized spacial score (nSPS) is 10.1. The van der Waals surface area contributed by atoms with Gasteiger partial charge in [0.2, 0.25) is 0 Å². The van der Waals surface area contributed by atoms with Crippen LogP contribution in [-0.4, -0.2) is 11.8 Å². The average Bonchev–Trinajstić information content (AvgIpc) is 2.51. The van der Waals surface area contributed by atoms with Crippen molar-refractivity contribution in [1.29, 1.82) is 0 Å². The first-order chi connectivity index (χ1) is 10.5. The molecule has 2 rings (SSSR count). The lowest BCUT2D eigenvalue weighted by Gasteiger charge is -2.08. The van der Waals surface area contributed by atoms with Crippen LogP contribution in [0.3, 0.4) is 0 Å². The van der Waals surface area contributed by atoms with E-state index in [1.54, 1.807) is 24.3 Å². The first kappa shape index (κ1) is 16.3. The summed E-state index contributed by atoms with van der Waals surface area (Å²) < 4.78 is 0. The molecule has 2 amide bonds. The molecule has 0 spiro atoms. The topological polar surface area (TPSA) is 58.2 Å². The third-order valence-electron chi connectivity index (χ3n) is 3.00. The smallest absolute Gasteiger partial charge is 0.314 e. The van der Waals surface area contributed by atoms with Crippen LogP contribution in [0.15, 0.2) is 42.5 Å². The van der Waals surface area contributed by atoms with Crippen LogP contribution in [-0.2, 0) is 16.0 Å². The van der Waals surface area contributed by atoms with Gasteiger partial charge in [-0.15, -0.1) is 0 Å². The fourth-order valence-corrected chi connectivity index (χ4v) is 2.07. The number of carbonyl (C=O) groups excluding carboxylic acids is 2. The number of nitrogens with one attached hydrogen (secondary N) is 2. The number of rotatable bonds is 3. The molecule has 22 heavy (non-hydrogen) atoms. The molecule has 2 N–H and O–H groups in total. The van der Waals surface area contributed by atoms with E-state index in [2.05, 4.69) is 10.6 Å². The Kier molecular flexibility index (Phi) is 5.41. The Morgan fingerprint density at radius 1 is 0.864 bits per heavy atom. The maximum absolute atomic E-state index is 11.8. The van der Waals surface area contributed by atoms with Gasteiger partial charge in [0.05, 0.1) is 10.0 Å². The summed E-state index contributed by atoms with van der Waals surface area (Å²) in [5.41, 5.74) is 2.11. The molecule has 6 heteroatoms. The number of halogens is 2. The first-order valence-corrected chi connectivity index (χ1v) is 7.41. The highest BCUT2D eigenvalue weighted by Gasteiger charge is 2.14. The number of carbonyl (C=O) groups is 2. The fourth-order valence-electron chi connectivity index (χ4n) is 1.77. The second-order valence-corrected chi connectivity index (χ2v) is 5.40. The highest BCUT2D eigenvalue weighted by Crippen LogP contribution is 2.24. The lowest BCUT2D eigenvalue weighted by Crippen LogP contribution is -2.29. The molecule has 114 valence electrons. The van der Waals surface area contributed by atoms with E-state index in [1.165, 1.54) is 6.07 Å². The molecular formula is C16H14Cl2N2O2. The van der Waals surface area contributed by atoms with Gasteiger partial charge in [0.15, 0.2) is 0 Å². The minimum absolute atomic E-state index is 0.301. The van der Waals surface area contributed by atoms with Gasteiger partial charge in [0.25, 0.3) is 0 Å². The SMILES string of the molecule is CCc1ccc(NC(=O)C(=O)Nc2ccc(Cl)c(Cl)c2)cc1. The standard InChI is InChI=1S/C16H14Cl2N2O2/c1-2-10-3-5-11(6-4-10)19-15(21)16(22)20-12-7-8-13(17)14(18)9-12/h3-9H,2H2,1H3,(H,19,21)(H,20,22). The predicted octanol–water partition coefficient (Wildman–Crippen LogP) is 4.13. The van der Waals surface area contributed by atoms with E-state index < -0.39 is 11.8 Å². The van der Waals surface area contributed by atoms with Crippen molar-refractivity contribution in [3.8, 4) is 0 Å². The monoisotopic (exact) mass is 336 g/mol. The number of anilines is 2. The summed E-state index contributed by atoms with van der Waals surface area (Å²) in [6, 6.07) is 11.9. The zero-order chi connectivity index (χ0) is 16.1. The van der Waals surface area contributed by atoms with E-state index in [-0.39, 0.29) is 0 Å². The van der Waals surface area contributed by atoms with E-state index in [0.717, 1.165) is 12.0 Å². The maximum Gasteiger partial charge on any atom is 0.314 e. The molecule has 0 saturated heterocycles.